The van der Waals surface area contributed by atoms with Crippen LogP contribution in [0.1, 0.15) is 25.5 Å². The summed E-state index contributed by atoms with van der Waals surface area (Å²) in [7, 11) is 0. The lowest BCUT2D eigenvalue weighted by Gasteiger charge is -2.39. The van der Waals surface area contributed by atoms with E-state index in [9.17, 15) is 26.7 Å². The molecule has 9 nitrogen and oxygen atoms in total. The van der Waals surface area contributed by atoms with E-state index in [4.69, 9.17) is 0 Å². The Balaban J connectivity index is 1.22. The quantitative estimate of drug-likeness (QED) is 0.371. The molecule has 1 amide bonds. The van der Waals surface area contributed by atoms with E-state index in [0.29, 0.717) is 41.3 Å². The predicted molar refractivity (Wildman–Crippen MR) is 138 cm³/mol. The molecule has 3 aromatic rings. The number of carbonyl (C=O) groups is 1. The first-order chi connectivity index (χ1) is 19.1. The number of nitrogens with one attached hydrogen (secondary N) is 3. The average molecular weight is 563 g/mol. The molecular weight excluding hydrogens is 535 g/mol. The number of aromatic nitrogens is 4. The van der Waals surface area contributed by atoms with Gasteiger partial charge in [-0.1, -0.05) is 6.07 Å². The number of rotatable bonds is 7. The Labute approximate surface area is 226 Å². The maximum absolute atomic E-state index is 13.0. The highest BCUT2D eigenvalue weighted by Crippen LogP contribution is 2.26. The second-order valence-corrected chi connectivity index (χ2v) is 9.62. The van der Waals surface area contributed by atoms with Gasteiger partial charge in [-0.05, 0) is 49.0 Å². The first-order valence-electron chi connectivity index (χ1n) is 12.7. The van der Waals surface area contributed by atoms with Crippen LogP contribution >= 0.6 is 0 Å². The molecule has 5 rings (SSSR count). The fourth-order valence-corrected chi connectivity index (χ4v) is 4.79. The number of hydrogen-bond donors (Lipinski definition) is 3. The number of dihydropyridines is 1. The Bertz CT molecular complexity index is 1430. The fourth-order valence-electron chi connectivity index (χ4n) is 4.79. The number of alkyl halides is 5. The van der Waals surface area contributed by atoms with Crippen molar-refractivity contribution < 1.29 is 26.7 Å². The number of carbonyl (C=O) groups excluding carboxylic acids is 1. The van der Waals surface area contributed by atoms with Crippen LogP contribution in [0.15, 0.2) is 54.5 Å². The number of aromatic amines is 1. The molecule has 2 atom stereocenters. The number of halogens is 5. The van der Waals surface area contributed by atoms with E-state index in [2.05, 4.69) is 35.5 Å². The van der Waals surface area contributed by atoms with E-state index in [1.165, 1.54) is 11.0 Å². The van der Waals surface area contributed by atoms with Gasteiger partial charge in [0.25, 0.3) is 6.43 Å². The zero-order valence-electron chi connectivity index (χ0n) is 21.4. The number of hydrogen-bond acceptors (Lipinski definition) is 7. The van der Waals surface area contributed by atoms with Crippen LogP contribution < -0.4 is 10.6 Å². The van der Waals surface area contributed by atoms with Gasteiger partial charge in [-0.2, -0.15) is 13.2 Å². The van der Waals surface area contributed by atoms with Gasteiger partial charge in [-0.25, -0.2) is 23.7 Å². The Morgan fingerprint density at radius 1 is 1.15 bits per heavy atom. The van der Waals surface area contributed by atoms with Crippen LogP contribution in [0.25, 0.3) is 22.3 Å². The number of nitrogens with zero attached hydrogens (tertiary/aromatic N) is 5. The molecule has 0 saturated carbocycles. The van der Waals surface area contributed by atoms with Crippen LogP contribution in [0.4, 0.5) is 27.9 Å². The summed E-state index contributed by atoms with van der Waals surface area (Å²) in [5, 5.41) is 6.48. The Morgan fingerprint density at radius 3 is 2.65 bits per heavy atom. The molecule has 2 aliphatic rings. The predicted octanol–water partition coefficient (Wildman–Crippen LogP) is 4.22. The summed E-state index contributed by atoms with van der Waals surface area (Å²) >= 11 is 0. The van der Waals surface area contributed by atoms with Crippen molar-refractivity contribution in [2.24, 2.45) is 0 Å². The third-order valence-corrected chi connectivity index (χ3v) is 6.94. The topological polar surface area (TPSA) is 102 Å². The number of fused-ring (bicyclic) bond motifs is 1. The van der Waals surface area contributed by atoms with Crippen LogP contribution in [0.3, 0.4) is 0 Å². The third kappa shape index (κ3) is 6.38. The summed E-state index contributed by atoms with van der Waals surface area (Å²) < 4.78 is 63.8. The normalized spacial score (nSPS) is 19.0. The molecule has 1 saturated heterocycles. The van der Waals surface area contributed by atoms with E-state index in [0.717, 1.165) is 11.9 Å². The smallest absolute Gasteiger partial charge is 0.368 e. The van der Waals surface area contributed by atoms with Crippen LogP contribution in [0, 0.1) is 0 Å². The van der Waals surface area contributed by atoms with Gasteiger partial charge in [0.05, 0.1) is 16.7 Å². The van der Waals surface area contributed by atoms with Crippen LogP contribution in [-0.2, 0) is 4.79 Å². The molecule has 4 heterocycles. The number of amides is 1. The zero-order valence-corrected chi connectivity index (χ0v) is 21.4. The average Bonchev–Trinajstić information content (AvgIpc) is 3.33. The molecule has 1 fully saturated rings. The van der Waals surface area contributed by atoms with Gasteiger partial charge in [0.15, 0.2) is 0 Å². The molecule has 2 aliphatic heterocycles. The van der Waals surface area contributed by atoms with Gasteiger partial charge in [0.1, 0.15) is 24.6 Å². The van der Waals surface area contributed by atoms with E-state index >= 15 is 0 Å². The van der Waals surface area contributed by atoms with Crippen molar-refractivity contribution in [2.75, 3.05) is 31.5 Å². The van der Waals surface area contributed by atoms with Crippen LogP contribution in [-0.4, -0.2) is 80.2 Å². The first kappa shape index (κ1) is 27.5. The largest absolute Gasteiger partial charge is 0.397 e. The fraction of sp³-hybridized carbons (Fsp3) is 0.385. The molecule has 2 unspecified atom stereocenters. The summed E-state index contributed by atoms with van der Waals surface area (Å²) in [5.41, 5.74) is 3.05. The van der Waals surface area contributed by atoms with Crippen molar-refractivity contribution >= 4 is 22.9 Å². The summed E-state index contributed by atoms with van der Waals surface area (Å²) in [4.78, 5) is 30.8. The maximum atomic E-state index is 13.0. The molecule has 14 heteroatoms. The van der Waals surface area contributed by atoms with E-state index in [1.807, 2.05) is 25.3 Å². The van der Waals surface area contributed by atoms with Crippen molar-refractivity contribution in [3.05, 3.63) is 60.2 Å². The number of imidazole rings is 1. The van der Waals surface area contributed by atoms with Crippen molar-refractivity contribution in [1.82, 2.24) is 35.1 Å². The van der Waals surface area contributed by atoms with Crippen molar-refractivity contribution in [3.63, 3.8) is 0 Å². The number of benzene rings is 1. The van der Waals surface area contributed by atoms with E-state index in [-0.39, 0.29) is 31.0 Å². The molecule has 40 heavy (non-hydrogen) atoms. The second-order valence-electron chi connectivity index (χ2n) is 9.62. The van der Waals surface area contributed by atoms with Crippen molar-refractivity contribution in [2.45, 2.75) is 38.2 Å². The molecule has 1 aromatic carbocycles. The maximum Gasteiger partial charge on any atom is 0.397 e. The Hall–Kier alpha value is -4.07. The highest BCUT2D eigenvalue weighted by Gasteiger charge is 2.35. The second kappa shape index (κ2) is 11.2. The zero-order chi connectivity index (χ0) is 28.4. The molecule has 212 valence electrons. The van der Waals surface area contributed by atoms with Crippen LogP contribution in [0.2, 0.25) is 0 Å². The molecule has 3 N–H and O–H groups in total. The lowest BCUT2D eigenvalue weighted by atomic mass is 10.0. The van der Waals surface area contributed by atoms with E-state index in [1.54, 1.807) is 18.2 Å². The summed E-state index contributed by atoms with van der Waals surface area (Å²) in [6, 6.07) is 6.54. The third-order valence-electron chi connectivity index (χ3n) is 6.94. The monoisotopic (exact) mass is 562 g/mol. The standard InChI is InChI=1S/C26H27F5N8O/c1-15(38-6-8-39(9-7-38)23(40)13-26(29,30)31)16-4-5-32-22(11-16)37-25-35-18-3-2-17(10-20(18)36-25)19-12-21(24(27)28)34-14-33-19/h2-5,10-12,14-15,22,24,32H,6-9,13H2,1H3,(H2,35,36,37). The summed E-state index contributed by atoms with van der Waals surface area (Å²) in [6.45, 7) is 3.45. The van der Waals surface area contributed by atoms with Gasteiger partial charge in [0, 0.05) is 37.8 Å². The summed E-state index contributed by atoms with van der Waals surface area (Å²) in [5.74, 6) is -0.395. The van der Waals surface area contributed by atoms with Gasteiger partial charge in [-0.3, -0.25) is 9.69 Å². The SMILES string of the molecule is CC(C1=CC(Nc2nc3ccc(-c4cc(C(F)F)ncn4)cc3[nH]2)NC=C1)N1CCN(C(=O)CC(F)(F)F)CC1. The number of H-pyrrole nitrogens is 1. The minimum absolute atomic E-state index is 0.0215. The van der Waals surface area contributed by atoms with Crippen LogP contribution in [0.5, 0.6) is 0 Å². The molecule has 0 spiro atoms. The highest BCUT2D eigenvalue weighted by molar-refractivity contribution is 5.83. The van der Waals surface area contributed by atoms with Gasteiger partial charge >= 0.3 is 6.18 Å². The van der Waals surface area contributed by atoms with Gasteiger partial charge < -0.3 is 20.5 Å². The summed E-state index contributed by atoms with van der Waals surface area (Å²) in [6.07, 6.45) is -2.07. The number of piperazine rings is 1. The minimum Gasteiger partial charge on any atom is -0.368 e. The van der Waals surface area contributed by atoms with Crippen molar-refractivity contribution in [1.29, 1.82) is 0 Å². The van der Waals surface area contributed by atoms with Gasteiger partial charge in [0.2, 0.25) is 11.9 Å². The molecule has 0 radical (unpaired) electrons. The molecule has 0 bridgehead atoms. The minimum atomic E-state index is -4.51. The van der Waals surface area contributed by atoms with Gasteiger partial charge in [-0.15, -0.1) is 0 Å². The molecular formula is C26H27F5N8O. The molecule has 0 aliphatic carbocycles. The number of anilines is 1. The van der Waals surface area contributed by atoms with E-state index < -0.39 is 24.9 Å². The Kier molecular flexibility index (Phi) is 7.70. The first-order valence-corrected chi connectivity index (χ1v) is 12.7. The lowest BCUT2D eigenvalue weighted by Crippen LogP contribution is -2.52. The molecule has 2 aromatic heterocycles. The lowest BCUT2D eigenvalue weighted by molar-refractivity contribution is -0.162. The highest BCUT2D eigenvalue weighted by atomic mass is 19.4. The Morgan fingerprint density at radius 2 is 1.93 bits per heavy atom. The van der Waals surface area contributed by atoms with Crippen molar-refractivity contribution in [3.8, 4) is 11.3 Å².